The van der Waals surface area contributed by atoms with Gasteiger partial charge in [0.05, 0.1) is 11.0 Å². The van der Waals surface area contributed by atoms with E-state index in [1.807, 2.05) is 57.1 Å². The van der Waals surface area contributed by atoms with E-state index in [1.165, 1.54) is 23.8 Å². The standard InChI is InChI=1S/C16H23N5O2S2/c1-16(2)13(21(23)14(22)17-3)20(15(24)25-16)18-10-11-6-8-12(9-7-11)19(4)5/h6-10,13,23H,1-5H3,(H,17,22)/b18-10-/t13-/m1/s1. The van der Waals surface area contributed by atoms with Crippen molar-refractivity contribution in [1.82, 2.24) is 15.4 Å². The minimum Gasteiger partial charge on any atom is -0.378 e. The lowest BCUT2D eigenvalue weighted by Gasteiger charge is -2.33. The third-order valence-electron chi connectivity index (χ3n) is 3.79. The van der Waals surface area contributed by atoms with Crippen molar-refractivity contribution in [2.45, 2.75) is 24.8 Å². The number of thiocarbonyl (C=S) groups is 1. The van der Waals surface area contributed by atoms with Crippen LogP contribution in [0.25, 0.3) is 0 Å². The van der Waals surface area contributed by atoms with Crippen LogP contribution in [0.1, 0.15) is 19.4 Å². The number of hydrogen-bond acceptors (Lipinski definition) is 6. The second-order valence-corrected chi connectivity index (χ2v) is 8.61. The third kappa shape index (κ3) is 4.23. The van der Waals surface area contributed by atoms with Gasteiger partial charge in [0.2, 0.25) is 0 Å². The first-order valence-corrected chi connectivity index (χ1v) is 8.93. The van der Waals surface area contributed by atoms with Crippen LogP contribution in [0, 0.1) is 0 Å². The highest BCUT2D eigenvalue weighted by Crippen LogP contribution is 2.42. The van der Waals surface area contributed by atoms with E-state index in [9.17, 15) is 10.0 Å². The fraction of sp³-hybridized carbons (Fsp3) is 0.438. The van der Waals surface area contributed by atoms with Gasteiger partial charge < -0.3 is 10.2 Å². The number of nitrogens with zero attached hydrogens (tertiary/aromatic N) is 4. The van der Waals surface area contributed by atoms with Crippen LogP contribution < -0.4 is 10.2 Å². The van der Waals surface area contributed by atoms with Crippen molar-refractivity contribution in [2.24, 2.45) is 5.10 Å². The molecule has 0 bridgehead atoms. The lowest BCUT2D eigenvalue weighted by Crippen LogP contribution is -2.55. The van der Waals surface area contributed by atoms with Gasteiger partial charge in [-0.25, -0.2) is 9.80 Å². The summed E-state index contributed by atoms with van der Waals surface area (Å²) in [6.45, 7) is 3.81. The molecule has 1 aromatic carbocycles. The van der Waals surface area contributed by atoms with Gasteiger partial charge in [0, 0.05) is 26.8 Å². The highest BCUT2D eigenvalue weighted by molar-refractivity contribution is 8.24. The van der Waals surface area contributed by atoms with E-state index in [2.05, 4.69) is 10.4 Å². The average Bonchev–Trinajstić information content (AvgIpc) is 2.79. The molecule has 1 fully saturated rings. The fourth-order valence-corrected chi connectivity index (χ4v) is 4.23. The largest absolute Gasteiger partial charge is 0.378 e. The van der Waals surface area contributed by atoms with Crippen molar-refractivity contribution in [3.05, 3.63) is 29.8 Å². The minimum atomic E-state index is -0.706. The monoisotopic (exact) mass is 381 g/mol. The maximum Gasteiger partial charge on any atom is 0.343 e. The quantitative estimate of drug-likeness (QED) is 0.361. The Morgan fingerprint density at radius 2 is 2.00 bits per heavy atom. The van der Waals surface area contributed by atoms with Gasteiger partial charge in [-0.1, -0.05) is 36.1 Å². The highest BCUT2D eigenvalue weighted by Gasteiger charge is 2.49. The van der Waals surface area contributed by atoms with E-state index in [-0.39, 0.29) is 0 Å². The SMILES string of the molecule is CNC(=O)N(O)[C@H]1N(/N=C\c2ccc(N(C)C)cc2)C(=S)SC1(C)C. The van der Waals surface area contributed by atoms with Gasteiger partial charge in [-0.05, 0) is 31.5 Å². The van der Waals surface area contributed by atoms with Crippen molar-refractivity contribution < 1.29 is 10.0 Å². The Morgan fingerprint density at radius 1 is 1.40 bits per heavy atom. The first-order valence-electron chi connectivity index (χ1n) is 7.71. The van der Waals surface area contributed by atoms with E-state index < -0.39 is 16.9 Å². The third-order valence-corrected chi connectivity index (χ3v) is 5.32. The van der Waals surface area contributed by atoms with Crippen molar-refractivity contribution in [2.75, 3.05) is 26.0 Å². The number of rotatable bonds is 4. The molecule has 1 heterocycles. The maximum absolute atomic E-state index is 11.8. The highest BCUT2D eigenvalue weighted by atomic mass is 32.2. The molecule has 2 rings (SSSR count). The van der Waals surface area contributed by atoms with Crippen LogP contribution in [0.5, 0.6) is 0 Å². The van der Waals surface area contributed by atoms with Gasteiger partial charge in [-0.15, -0.1) is 0 Å². The number of amides is 2. The summed E-state index contributed by atoms with van der Waals surface area (Å²) < 4.78 is -0.0103. The Hall–Kier alpha value is -1.84. The zero-order valence-electron chi connectivity index (χ0n) is 14.9. The van der Waals surface area contributed by atoms with Crippen LogP contribution in [0.3, 0.4) is 0 Å². The van der Waals surface area contributed by atoms with E-state index in [0.717, 1.165) is 11.3 Å². The molecule has 1 aliphatic heterocycles. The molecule has 1 aromatic rings. The van der Waals surface area contributed by atoms with Gasteiger partial charge in [-0.3, -0.25) is 5.21 Å². The van der Waals surface area contributed by atoms with Gasteiger partial charge in [-0.2, -0.15) is 10.2 Å². The summed E-state index contributed by atoms with van der Waals surface area (Å²) in [7, 11) is 5.41. The first kappa shape index (κ1) is 19.5. The smallest absolute Gasteiger partial charge is 0.343 e. The molecule has 1 aliphatic rings. The molecule has 0 radical (unpaired) electrons. The molecule has 1 saturated heterocycles. The predicted octanol–water partition coefficient (Wildman–Crippen LogP) is 2.56. The minimum absolute atomic E-state index is 0.499. The first-order chi connectivity index (χ1) is 11.7. The van der Waals surface area contributed by atoms with E-state index in [0.29, 0.717) is 9.38 Å². The summed E-state index contributed by atoms with van der Waals surface area (Å²) in [5.74, 6) is 0. The van der Waals surface area contributed by atoms with Crippen LogP contribution in [0.4, 0.5) is 10.5 Å². The number of benzene rings is 1. The lowest BCUT2D eigenvalue weighted by atomic mass is 10.1. The Bertz CT molecular complexity index is 676. The van der Waals surface area contributed by atoms with Crippen LogP contribution in [-0.2, 0) is 0 Å². The topological polar surface area (TPSA) is 71.4 Å². The molecule has 25 heavy (non-hydrogen) atoms. The Kier molecular flexibility index (Phi) is 5.91. The second-order valence-electron chi connectivity index (χ2n) is 6.32. The number of hydroxylamine groups is 2. The van der Waals surface area contributed by atoms with Crippen molar-refractivity contribution >= 4 is 46.2 Å². The molecule has 1 atom stereocenters. The molecular weight excluding hydrogens is 358 g/mol. The number of hydrazone groups is 1. The Labute approximate surface area is 157 Å². The summed E-state index contributed by atoms with van der Waals surface area (Å²) in [4.78, 5) is 13.9. The number of thioether (sulfide) groups is 1. The van der Waals surface area contributed by atoms with Crippen LogP contribution in [-0.4, -0.2) is 63.9 Å². The maximum atomic E-state index is 11.8. The number of urea groups is 1. The predicted molar refractivity (Wildman–Crippen MR) is 106 cm³/mol. The van der Waals surface area contributed by atoms with Gasteiger partial charge in [0.15, 0.2) is 10.5 Å². The average molecular weight is 382 g/mol. The summed E-state index contributed by atoms with van der Waals surface area (Å²) in [5, 5.41) is 19.2. The number of hydrogen-bond donors (Lipinski definition) is 2. The summed E-state index contributed by atoms with van der Waals surface area (Å²) in [6, 6.07) is 7.26. The number of nitrogens with one attached hydrogen (secondary N) is 1. The molecule has 0 aliphatic carbocycles. The van der Waals surface area contributed by atoms with Crippen LogP contribution >= 0.6 is 24.0 Å². The Morgan fingerprint density at radius 3 is 2.52 bits per heavy atom. The molecule has 0 saturated carbocycles. The zero-order valence-corrected chi connectivity index (χ0v) is 16.6. The zero-order chi connectivity index (χ0) is 18.8. The molecule has 2 amide bonds. The number of carbonyl (C=O) groups excluding carboxylic acids is 1. The Balaban J connectivity index is 2.25. The molecule has 0 spiro atoms. The lowest BCUT2D eigenvalue weighted by molar-refractivity contribution is -0.117. The molecule has 0 unspecified atom stereocenters. The summed E-state index contributed by atoms with van der Waals surface area (Å²) in [6.07, 6.45) is 0.959. The molecule has 136 valence electrons. The van der Waals surface area contributed by atoms with E-state index in [4.69, 9.17) is 12.2 Å². The molecular formula is C16H23N5O2S2. The molecule has 0 aromatic heterocycles. The van der Waals surface area contributed by atoms with Gasteiger partial charge in [0.1, 0.15) is 0 Å². The van der Waals surface area contributed by atoms with E-state index in [1.54, 1.807) is 6.21 Å². The van der Waals surface area contributed by atoms with Crippen LogP contribution in [0.2, 0.25) is 0 Å². The van der Waals surface area contributed by atoms with Gasteiger partial charge in [0.25, 0.3) is 0 Å². The fourth-order valence-electron chi connectivity index (χ4n) is 2.44. The van der Waals surface area contributed by atoms with Crippen LogP contribution in [0.15, 0.2) is 29.4 Å². The van der Waals surface area contributed by atoms with Gasteiger partial charge >= 0.3 is 6.03 Å². The summed E-state index contributed by atoms with van der Waals surface area (Å²) in [5.41, 5.74) is 1.98. The number of carbonyl (C=O) groups is 1. The molecule has 2 N–H and O–H groups in total. The van der Waals surface area contributed by atoms with E-state index >= 15 is 0 Å². The summed E-state index contributed by atoms with van der Waals surface area (Å²) >= 11 is 6.77. The number of anilines is 1. The second kappa shape index (κ2) is 7.59. The molecule has 7 nitrogen and oxygen atoms in total. The van der Waals surface area contributed by atoms with Crippen molar-refractivity contribution in [1.29, 1.82) is 0 Å². The van der Waals surface area contributed by atoms with Crippen molar-refractivity contribution in [3.8, 4) is 0 Å². The normalized spacial score (nSPS) is 19.4. The van der Waals surface area contributed by atoms with Crippen molar-refractivity contribution in [3.63, 3.8) is 0 Å². The molecule has 9 heteroatoms.